The van der Waals surface area contributed by atoms with Gasteiger partial charge in [-0.15, -0.1) is 0 Å². The zero-order chi connectivity index (χ0) is 22.3. The third-order valence-electron chi connectivity index (χ3n) is 5.57. The van der Waals surface area contributed by atoms with Crippen LogP contribution in [-0.2, 0) is 30.7 Å². The molecular weight excluding hydrogens is 420 g/mol. The average Bonchev–Trinajstić information content (AvgIpc) is 2.80. The number of nitrogens with zero attached hydrogens (tertiary/aromatic N) is 2. The molecule has 1 aliphatic heterocycles. The molecule has 0 atom stereocenters. The molecule has 3 aromatic rings. The third-order valence-corrected chi connectivity index (χ3v) is 6.44. The lowest BCUT2D eigenvalue weighted by Crippen LogP contribution is -2.35. The summed E-state index contributed by atoms with van der Waals surface area (Å²) < 4.78 is 0. The van der Waals surface area contributed by atoms with Gasteiger partial charge >= 0.3 is 0 Å². The number of aromatic nitrogens is 2. The Morgan fingerprint density at radius 3 is 2.69 bits per heavy atom. The van der Waals surface area contributed by atoms with Crippen molar-refractivity contribution in [2.45, 2.75) is 38.0 Å². The highest BCUT2D eigenvalue weighted by Gasteiger charge is 2.21. The van der Waals surface area contributed by atoms with Gasteiger partial charge in [0.2, 0.25) is 5.91 Å². The van der Waals surface area contributed by atoms with Crippen LogP contribution in [0.2, 0.25) is 0 Å². The van der Waals surface area contributed by atoms with Gasteiger partial charge in [0, 0.05) is 32.6 Å². The number of nitrogens with one attached hydrogen (secondary N) is 2. The number of hydrogen-bond donors (Lipinski definition) is 2. The number of rotatable bonds is 8. The number of amides is 1. The second kappa shape index (κ2) is 10.6. The second-order valence-electron chi connectivity index (χ2n) is 8.12. The molecule has 166 valence electrons. The quantitative estimate of drug-likeness (QED) is 0.409. The van der Waals surface area contributed by atoms with E-state index >= 15 is 0 Å². The Labute approximate surface area is 192 Å². The summed E-state index contributed by atoms with van der Waals surface area (Å²) in [4.78, 5) is 34.6. The number of aromatic amines is 1. The molecule has 2 heterocycles. The Kier molecular flexibility index (Phi) is 7.39. The normalized spacial score (nSPS) is 13.5. The molecule has 1 aromatic heterocycles. The summed E-state index contributed by atoms with van der Waals surface area (Å²) in [5.41, 5.74) is 5.16. The first-order chi connectivity index (χ1) is 15.6. The Morgan fingerprint density at radius 1 is 1.12 bits per heavy atom. The molecule has 1 amide bonds. The fourth-order valence-corrected chi connectivity index (χ4v) is 4.50. The highest BCUT2D eigenvalue weighted by molar-refractivity contribution is 7.99. The molecule has 7 heteroatoms. The van der Waals surface area contributed by atoms with Gasteiger partial charge in [0.15, 0.2) is 5.16 Å². The monoisotopic (exact) mass is 448 g/mol. The van der Waals surface area contributed by atoms with Gasteiger partial charge in [-0.25, -0.2) is 4.98 Å². The molecule has 0 saturated heterocycles. The molecule has 2 aromatic carbocycles. The number of hydrogen-bond acceptors (Lipinski definition) is 5. The first-order valence-corrected chi connectivity index (χ1v) is 11.9. The lowest BCUT2D eigenvalue weighted by molar-refractivity contribution is -0.118. The Morgan fingerprint density at radius 2 is 1.91 bits per heavy atom. The molecule has 0 unspecified atom stereocenters. The van der Waals surface area contributed by atoms with Crippen molar-refractivity contribution in [1.82, 2.24) is 20.2 Å². The lowest BCUT2D eigenvalue weighted by Gasteiger charge is -2.27. The summed E-state index contributed by atoms with van der Waals surface area (Å²) in [6.07, 6.45) is 1.53. The Balaban J connectivity index is 1.28. The average molecular weight is 449 g/mol. The third kappa shape index (κ3) is 6.08. The summed E-state index contributed by atoms with van der Waals surface area (Å²) >= 11 is 1.27. The van der Waals surface area contributed by atoms with E-state index in [4.69, 9.17) is 0 Å². The zero-order valence-electron chi connectivity index (χ0n) is 18.3. The number of thioether (sulfide) groups is 1. The van der Waals surface area contributed by atoms with E-state index in [1.807, 2.05) is 30.3 Å². The molecule has 32 heavy (non-hydrogen) atoms. The molecule has 0 bridgehead atoms. The largest absolute Gasteiger partial charge is 0.355 e. The van der Waals surface area contributed by atoms with Crippen molar-refractivity contribution in [2.75, 3.05) is 18.8 Å². The number of carbonyl (C=O) groups excluding carboxylic acids is 1. The number of aryl methyl sites for hydroxylation is 1. The maximum absolute atomic E-state index is 12.7. The van der Waals surface area contributed by atoms with Gasteiger partial charge in [0.05, 0.1) is 17.0 Å². The minimum atomic E-state index is -0.101. The van der Waals surface area contributed by atoms with Crippen molar-refractivity contribution in [3.8, 4) is 0 Å². The van der Waals surface area contributed by atoms with Crippen LogP contribution < -0.4 is 10.9 Å². The van der Waals surface area contributed by atoms with E-state index in [1.165, 1.54) is 28.5 Å². The summed E-state index contributed by atoms with van der Waals surface area (Å²) in [6, 6.07) is 18.6. The van der Waals surface area contributed by atoms with Crippen molar-refractivity contribution in [1.29, 1.82) is 0 Å². The van der Waals surface area contributed by atoms with Crippen LogP contribution >= 0.6 is 11.8 Å². The highest BCUT2D eigenvalue weighted by Crippen LogP contribution is 2.19. The van der Waals surface area contributed by atoms with E-state index in [-0.39, 0.29) is 17.2 Å². The van der Waals surface area contributed by atoms with Crippen molar-refractivity contribution >= 4 is 17.7 Å². The first-order valence-electron chi connectivity index (χ1n) is 10.9. The summed E-state index contributed by atoms with van der Waals surface area (Å²) in [7, 11) is 0. The van der Waals surface area contributed by atoms with Gasteiger partial charge in [0.25, 0.3) is 5.56 Å². The van der Waals surface area contributed by atoms with Crippen LogP contribution in [0.3, 0.4) is 0 Å². The summed E-state index contributed by atoms with van der Waals surface area (Å²) in [5, 5.41) is 3.44. The second-order valence-corrected chi connectivity index (χ2v) is 9.08. The number of carbonyl (C=O) groups is 1. The molecule has 0 aliphatic carbocycles. The number of benzene rings is 2. The van der Waals surface area contributed by atoms with Crippen molar-refractivity contribution in [3.05, 3.63) is 92.9 Å². The van der Waals surface area contributed by atoms with Crippen molar-refractivity contribution in [2.24, 2.45) is 0 Å². The molecule has 0 fully saturated rings. The Bertz CT molecular complexity index is 1110. The fourth-order valence-electron chi connectivity index (χ4n) is 3.79. The Hall–Kier alpha value is -2.90. The predicted octanol–water partition coefficient (Wildman–Crippen LogP) is 3.09. The van der Waals surface area contributed by atoms with Crippen LogP contribution in [-0.4, -0.2) is 39.6 Å². The number of fused-ring (bicyclic) bond motifs is 1. The van der Waals surface area contributed by atoms with Crippen molar-refractivity contribution < 1.29 is 4.79 Å². The van der Waals surface area contributed by atoms with Gasteiger partial charge in [-0.05, 0) is 24.5 Å². The minimum absolute atomic E-state index is 0.0597. The molecule has 2 N–H and O–H groups in total. The molecular formula is C25H28N4O2S. The molecule has 6 nitrogen and oxygen atoms in total. The van der Waals surface area contributed by atoms with Crippen LogP contribution in [0.5, 0.6) is 0 Å². The first kappa shape index (κ1) is 22.3. The maximum atomic E-state index is 12.7. The van der Waals surface area contributed by atoms with Gasteiger partial charge in [0.1, 0.15) is 0 Å². The summed E-state index contributed by atoms with van der Waals surface area (Å²) in [6.45, 7) is 4.95. The topological polar surface area (TPSA) is 78.1 Å². The minimum Gasteiger partial charge on any atom is -0.355 e. The van der Waals surface area contributed by atoms with Gasteiger partial charge in [-0.1, -0.05) is 71.9 Å². The molecule has 0 saturated carbocycles. The lowest BCUT2D eigenvalue weighted by atomic mass is 10.1. The zero-order valence-corrected chi connectivity index (χ0v) is 19.1. The van der Waals surface area contributed by atoms with E-state index in [2.05, 4.69) is 51.4 Å². The van der Waals surface area contributed by atoms with E-state index < -0.39 is 0 Å². The maximum Gasteiger partial charge on any atom is 0.256 e. The standard InChI is InChI=1S/C25H28N4O2S/c1-18-7-9-20(10-8-18)15-29-14-12-22-21(16-29)24(31)28-25(27-22)32-17-23(30)26-13-11-19-5-3-2-4-6-19/h2-10H,11-17H2,1H3,(H,26,30)(H,27,28,31). The fraction of sp³-hybridized carbons (Fsp3) is 0.320. The van der Waals surface area contributed by atoms with Gasteiger partial charge < -0.3 is 10.3 Å². The van der Waals surface area contributed by atoms with Crippen LogP contribution in [0.25, 0.3) is 0 Å². The molecule has 1 aliphatic rings. The SMILES string of the molecule is Cc1ccc(CN2CCc3nc(SCC(=O)NCCc4ccccc4)[nH]c(=O)c3C2)cc1. The van der Waals surface area contributed by atoms with E-state index in [0.29, 0.717) is 18.2 Å². The summed E-state index contributed by atoms with van der Waals surface area (Å²) in [5.74, 6) is 0.173. The molecule has 4 rings (SSSR count). The van der Waals surface area contributed by atoms with Gasteiger partial charge in [-0.2, -0.15) is 0 Å². The van der Waals surface area contributed by atoms with Crippen LogP contribution in [0, 0.1) is 6.92 Å². The number of H-pyrrole nitrogens is 1. The van der Waals surface area contributed by atoms with Crippen molar-refractivity contribution in [3.63, 3.8) is 0 Å². The van der Waals surface area contributed by atoms with E-state index in [0.717, 1.165) is 37.2 Å². The molecule has 0 spiro atoms. The smallest absolute Gasteiger partial charge is 0.256 e. The van der Waals surface area contributed by atoms with Crippen LogP contribution in [0.1, 0.15) is 27.9 Å². The predicted molar refractivity (Wildman–Crippen MR) is 128 cm³/mol. The highest BCUT2D eigenvalue weighted by atomic mass is 32.2. The molecule has 0 radical (unpaired) electrons. The van der Waals surface area contributed by atoms with E-state index in [1.54, 1.807) is 0 Å². The van der Waals surface area contributed by atoms with Crippen LogP contribution in [0.4, 0.5) is 0 Å². The van der Waals surface area contributed by atoms with Gasteiger partial charge in [-0.3, -0.25) is 14.5 Å². The van der Waals surface area contributed by atoms with E-state index in [9.17, 15) is 9.59 Å². The van der Waals surface area contributed by atoms with Crippen LogP contribution in [0.15, 0.2) is 64.5 Å².